The van der Waals surface area contributed by atoms with Crippen molar-refractivity contribution in [2.45, 2.75) is 118 Å². The first-order valence-corrected chi connectivity index (χ1v) is 17.7. The summed E-state index contributed by atoms with van der Waals surface area (Å²) >= 11 is 0. The van der Waals surface area contributed by atoms with E-state index in [-0.39, 0.29) is 29.1 Å². The molecule has 0 aromatic heterocycles. The lowest BCUT2D eigenvalue weighted by atomic mass is 9.42. The zero-order valence-corrected chi connectivity index (χ0v) is 23.9. The van der Waals surface area contributed by atoms with Gasteiger partial charge in [0.05, 0.1) is 0 Å². The summed E-state index contributed by atoms with van der Waals surface area (Å²) in [6.45, 7) is 16.4. The van der Waals surface area contributed by atoms with Crippen LogP contribution in [0.2, 0.25) is 19.6 Å². The summed E-state index contributed by atoms with van der Waals surface area (Å²) in [5.41, 5.74) is 0.446. The number of carbonyl (C=O) groups excluding carboxylic acids is 1. The summed E-state index contributed by atoms with van der Waals surface area (Å²) in [5, 5.41) is 9.22. The average Bonchev–Trinajstić information content (AvgIpc) is 3.09. The van der Waals surface area contributed by atoms with Crippen molar-refractivity contribution in [3.63, 3.8) is 0 Å². The van der Waals surface area contributed by atoms with Gasteiger partial charge < -0.3 is 9.53 Å². The molecular formula is C29H50O4Si. The van der Waals surface area contributed by atoms with Gasteiger partial charge in [0.1, 0.15) is 5.78 Å². The number of hydrogen-bond acceptors (Lipinski definition) is 3. The lowest BCUT2D eigenvalue weighted by Gasteiger charge is -2.62. The molecule has 34 heavy (non-hydrogen) atoms. The number of Topliss-reactive ketones (excluding diaryl/α,β-unsaturated/α-hetero) is 1. The second kappa shape index (κ2) is 9.32. The Balaban J connectivity index is 1.59. The third kappa shape index (κ3) is 4.46. The number of carboxylic acids is 1. The Morgan fingerprint density at radius 2 is 1.71 bits per heavy atom. The highest BCUT2D eigenvalue weighted by atomic mass is 28.4. The van der Waals surface area contributed by atoms with Crippen molar-refractivity contribution in [2.24, 2.45) is 52.3 Å². The molecule has 0 aromatic carbocycles. The highest BCUT2D eigenvalue weighted by molar-refractivity contribution is 6.69. The summed E-state index contributed by atoms with van der Waals surface area (Å²) in [7, 11) is -1.59. The van der Waals surface area contributed by atoms with E-state index in [0.717, 1.165) is 32.1 Å². The van der Waals surface area contributed by atoms with Crippen LogP contribution in [0.4, 0.5) is 0 Å². The zero-order chi connectivity index (χ0) is 25.1. The predicted octanol–water partition coefficient (Wildman–Crippen LogP) is 7.18. The summed E-state index contributed by atoms with van der Waals surface area (Å²) in [5.74, 6) is 2.75. The first-order chi connectivity index (χ1) is 15.8. The summed E-state index contributed by atoms with van der Waals surface area (Å²) in [6, 6.07) is 0. The van der Waals surface area contributed by atoms with Gasteiger partial charge >= 0.3 is 5.97 Å². The lowest BCUT2D eigenvalue weighted by molar-refractivity contribution is -0.172. The maximum atomic E-state index is 14.2. The van der Waals surface area contributed by atoms with Crippen LogP contribution in [0.25, 0.3) is 0 Å². The second-order valence-electron chi connectivity index (χ2n) is 14.0. The Labute approximate surface area is 209 Å². The molecule has 194 valence electrons. The lowest BCUT2D eigenvalue weighted by Crippen LogP contribution is -2.61. The van der Waals surface area contributed by atoms with E-state index in [9.17, 15) is 14.7 Å². The van der Waals surface area contributed by atoms with E-state index < -0.39 is 14.3 Å². The first kappa shape index (κ1) is 26.4. The van der Waals surface area contributed by atoms with Crippen molar-refractivity contribution in [3.05, 3.63) is 0 Å². The Kier molecular flexibility index (Phi) is 7.23. The number of rotatable bonds is 7. The molecule has 0 bridgehead atoms. The SMILES string of the molecule is CC[C@H]1C(=O)C2C3CC[C@H]([C@H](C)CCC(=O)O)[C@@]3(C)CCC2[C@@]2(C)CCC(O[Si](C)(C)C)C[C@@H]12. The van der Waals surface area contributed by atoms with Crippen LogP contribution in [0.5, 0.6) is 0 Å². The van der Waals surface area contributed by atoms with Crippen LogP contribution in [0.3, 0.4) is 0 Å². The number of ketones is 1. The molecule has 4 fully saturated rings. The Morgan fingerprint density at radius 1 is 1.06 bits per heavy atom. The zero-order valence-electron chi connectivity index (χ0n) is 22.9. The fourth-order valence-electron chi connectivity index (χ4n) is 9.75. The van der Waals surface area contributed by atoms with Gasteiger partial charge in [-0.1, -0.05) is 27.7 Å². The van der Waals surface area contributed by atoms with Gasteiger partial charge in [-0.3, -0.25) is 9.59 Å². The average molecular weight is 491 g/mol. The molecule has 4 saturated carbocycles. The topological polar surface area (TPSA) is 63.6 Å². The fraction of sp³-hybridized carbons (Fsp3) is 0.931. The van der Waals surface area contributed by atoms with E-state index >= 15 is 0 Å². The number of carbonyl (C=O) groups is 2. The molecule has 4 aliphatic rings. The number of carboxylic acid groups (broad SMARTS) is 1. The van der Waals surface area contributed by atoms with Crippen molar-refractivity contribution in [1.29, 1.82) is 0 Å². The van der Waals surface area contributed by atoms with E-state index in [1.807, 2.05) is 0 Å². The van der Waals surface area contributed by atoms with E-state index in [4.69, 9.17) is 4.43 Å². The van der Waals surface area contributed by atoms with Crippen molar-refractivity contribution in [3.8, 4) is 0 Å². The third-order valence-corrected chi connectivity index (χ3v) is 12.2. The Hall–Kier alpha value is -0.683. The van der Waals surface area contributed by atoms with Crippen molar-refractivity contribution >= 4 is 20.1 Å². The van der Waals surface area contributed by atoms with Crippen LogP contribution in [-0.4, -0.2) is 31.3 Å². The van der Waals surface area contributed by atoms with Crippen LogP contribution >= 0.6 is 0 Å². The molecule has 0 heterocycles. The molecule has 0 aliphatic heterocycles. The van der Waals surface area contributed by atoms with Gasteiger partial charge in [0.15, 0.2) is 8.32 Å². The predicted molar refractivity (Wildman–Crippen MR) is 139 cm³/mol. The van der Waals surface area contributed by atoms with E-state index in [1.54, 1.807) is 0 Å². The van der Waals surface area contributed by atoms with Crippen molar-refractivity contribution in [1.82, 2.24) is 0 Å². The normalized spacial score (nSPS) is 45.3. The molecule has 0 radical (unpaired) electrons. The molecule has 0 amide bonds. The van der Waals surface area contributed by atoms with Crippen LogP contribution in [-0.2, 0) is 14.0 Å². The molecule has 1 N–H and O–H groups in total. The molecular weight excluding hydrogens is 440 g/mol. The van der Waals surface area contributed by atoms with Gasteiger partial charge in [-0.15, -0.1) is 0 Å². The molecule has 4 rings (SSSR count). The summed E-state index contributed by atoms with van der Waals surface area (Å²) in [6.07, 6.45) is 10.5. The molecule has 0 spiro atoms. The summed E-state index contributed by atoms with van der Waals surface area (Å²) in [4.78, 5) is 25.4. The highest BCUT2D eigenvalue weighted by Gasteiger charge is 2.65. The largest absolute Gasteiger partial charge is 0.481 e. The Bertz CT molecular complexity index is 789. The van der Waals surface area contributed by atoms with Gasteiger partial charge in [-0.25, -0.2) is 0 Å². The molecule has 10 atom stereocenters. The number of fused-ring (bicyclic) bond motifs is 5. The second-order valence-corrected chi connectivity index (χ2v) is 18.5. The third-order valence-electron chi connectivity index (χ3n) is 11.2. The van der Waals surface area contributed by atoms with Gasteiger partial charge in [0.25, 0.3) is 0 Å². The van der Waals surface area contributed by atoms with E-state index in [0.29, 0.717) is 41.5 Å². The molecule has 0 saturated heterocycles. The monoisotopic (exact) mass is 490 g/mol. The van der Waals surface area contributed by atoms with Crippen LogP contribution in [0, 0.1) is 52.3 Å². The van der Waals surface area contributed by atoms with Gasteiger partial charge in [-0.2, -0.15) is 0 Å². The maximum absolute atomic E-state index is 14.2. The Morgan fingerprint density at radius 3 is 2.32 bits per heavy atom. The molecule has 4 nitrogen and oxygen atoms in total. The summed E-state index contributed by atoms with van der Waals surface area (Å²) < 4.78 is 6.59. The number of hydrogen-bond donors (Lipinski definition) is 1. The van der Waals surface area contributed by atoms with Gasteiger partial charge in [0.2, 0.25) is 0 Å². The standard InChI is InChI=1S/C29H50O4Si/c1-8-20-24-17-19(33-34(5,6)7)13-15-29(24,4)23-14-16-28(3)21(18(2)9-12-25(30)31)10-11-22(28)26(23)27(20)32/h18-24,26H,8-17H2,1-7H3,(H,30,31)/t18-,19?,20-,21-,22?,23?,24+,26?,28-,29-/m1/s1. The van der Waals surface area contributed by atoms with Crippen molar-refractivity contribution < 1.29 is 19.1 Å². The highest BCUT2D eigenvalue weighted by Crippen LogP contribution is 2.68. The maximum Gasteiger partial charge on any atom is 0.303 e. The number of aliphatic carboxylic acids is 1. The smallest absolute Gasteiger partial charge is 0.303 e. The van der Waals surface area contributed by atoms with Crippen molar-refractivity contribution in [2.75, 3.05) is 0 Å². The van der Waals surface area contributed by atoms with Gasteiger partial charge in [0, 0.05) is 24.4 Å². The molecule has 4 aliphatic carbocycles. The fourth-order valence-corrected chi connectivity index (χ4v) is 11.0. The van der Waals surface area contributed by atoms with Crippen LogP contribution in [0.1, 0.15) is 91.9 Å². The van der Waals surface area contributed by atoms with Crippen LogP contribution < -0.4 is 0 Å². The molecule has 0 aromatic rings. The quantitative estimate of drug-likeness (QED) is 0.384. The minimum absolute atomic E-state index is 0.185. The molecule has 4 unspecified atom stereocenters. The first-order valence-electron chi connectivity index (χ1n) is 14.2. The minimum atomic E-state index is -1.59. The van der Waals surface area contributed by atoms with Crippen LogP contribution in [0.15, 0.2) is 0 Å². The van der Waals surface area contributed by atoms with Gasteiger partial charge in [-0.05, 0) is 118 Å². The minimum Gasteiger partial charge on any atom is -0.481 e. The molecule has 5 heteroatoms. The van der Waals surface area contributed by atoms with E-state index in [2.05, 4.69) is 47.3 Å². The van der Waals surface area contributed by atoms with E-state index in [1.165, 1.54) is 25.7 Å².